The van der Waals surface area contributed by atoms with Crippen LogP contribution in [0.3, 0.4) is 0 Å². The predicted octanol–water partition coefficient (Wildman–Crippen LogP) is 1.84. The SMILES string of the molecule is CC(=O)Oc1ccc2c(c1)Oc1c3c4c(cc1=C2c1ccc(S(=O)(=O)O)cc1S(=O)(=O)O)CCC[N+]=4CCC3. The molecule has 12 heteroatoms. The van der Waals surface area contributed by atoms with E-state index in [2.05, 4.69) is 4.58 Å². The van der Waals surface area contributed by atoms with Crippen molar-refractivity contribution in [3.63, 3.8) is 0 Å². The molecule has 0 spiro atoms. The predicted molar refractivity (Wildman–Crippen MR) is 139 cm³/mol. The first-order chi connectivity index (χ1) is 18.4. The number of esters is 1. The van der Waals surface area contributed by atoms with Crippen LogP contribution < -0.4 is 24.6 Å². The van der Waals surface area contributed by atoms with Gasteiger partial charge in [-0.1, -0.05) is 6.07 Å². The summed E-state index contributed by atoms with van der Waals surface area (Å²) in [6.45, 7) is 3.12. The highest BCUT2D eigenvalue weighted by molar-refractivity contribution is 7.86. The second kappa shape index (κ2) is 8.98. The maximum Gasteiger partial charge on any atom is 0.308 e. The van der Waals surface area contributed by atoms with Gasteiger partial charge in [-0.25, -0.2) is 4.58 Å². The first-order valence-electron chi connectivity index (χ1n) is 12.3. The minimum Gasteiger partial charge on any atom is -0.455 e. The van der Waals surface area contributed by atoms with Crippen molar-refractivity contribution < 1.29 is 40.2 Å². The molecule has 0 atom stereocenters. The van der Waals surface area contributed by atoms with Crippen LogP contribution >= 0.6 is 0 Å². The quantitative estimate of drug-likeness (QED) is 0.162. The van der Waals surface area contributed by atoms with Gasteiger partial charge in [-0.3, -0.25) is 13.9 Å². The third-order valence-electron chi connectivity index (χ3n) is 7.24. The van der Waals surface area contributed by atoms with Crippen LogP contribution in [0.25, 0.3) is 5.57 Å². The Kier molecular flexibility index (Phi) is 5.92. The minimum atomic E-state index is -4.94. The van der Waals surface area contributed by atoms with Crippen molar-refractivity contribution in [2.75, 3.05) is 13.1 Å². The molecule has 202 valence electrons. The molecule has 39 heavy (non-hydrogen) atoms. The van der Waals surface area contributed by atoms with E-state index in [0.717, 1.165) is 67.4 Å². The van der Waals surface area contributed by atoms with E-state index in [-0.39, 0.29) is 11.3 Å². The molecule has 0 fully saturated rings. The molecule has 0 aromatic heterocycles. The molecule has 0 bridgehead atoms. The van der Waals surface area contributed by atoms with Gasteiger partial charge in [-0.2, -0.15) is 16.8 Å². The van der Waals surface area contributed by atoms with Crippen molar-refractivity contribution in [3.05, 3.63) is 75.3 Å². The highest BCUT2D eigenvalue weighted by atomic mass is 32.2. The van der Waals surface area contributed by atoms with Crippen LogP contribution in [-0.2, 0) is 37.9 Å². The minimum absolute atomic E-state index is 0.0339. The summed E-state index contributed by atoms with van der Waals surface area (Å²) in [6.07, 6.45) is 3.43. The monoisotopic (exact) mass is 570 g/mol. The summed E-state index contributed by atoms with van der Waals surface area (Å²) in [6, 6.07) is 9.72. The molecule has 3 aromatic carbocycles. The van der Waals surface area contributed by atoms with E-state index in [4.69, 9.17) is 9.47 Å². The number of carbonyl (C=O) groups is 1. The van der Waals surface area contributed by atoms with Gasteiger partial charge < -0.3 is 9.47 Å². The molecule has 0 unspecified atom stereocenters. The number of nitrogens with zero attached hydrogens (tertiary/aromatic N) is 1. The largest absolute Gasteiger partial charge is 0.455 e. The van der Waals surface area contributed by atoms with Gasteiger partial charge in [-0.05, 0) is 43.2 Å². The number of benzene rings is 3. The first-order valence-corrected chi connectivity index (χ1v) is 15.2. The summed E-state index contributed by atoms with van der Waals surface area (Å²) in [4.78, 5) is 10.3. The third-order valence-corrected chi connectivity index (χ3v) is 8.98. The van der Waals surface area contributed by atoms with E-state index in [9.17, 15) is 30.7 Å². The zero-order valence-corrected chi connectivity index (χ0v) is 22.4. The molecule has 0 amide bonds. The molecule has 3 aliphatic rings. The van der Waals surface area contributed by atoms with E-state index in [1.807, 2.05) is 6.07 Å². The lowest BCUT2D eigenvalue weighted by Crippen LogP contribution is -2.45. The lowest BCUT2D eigenvalue weighted by molar-refractivity contribution is -0.131. The van der Waals surface area contributed by atoms with E-state index in [0.29, 0.717) is 27.9 Å². The third kappa shape index (κ3) is 4.42. The normalized spacial score (nSPS) is 16.1. The number of hydrogen-bond donors (Lipinski definition) is 2. The molecule has 3 aliphatic heterocycles. The zero-order chi connectivity index (χ0) is 27.7. The topological polar surface area (TPSA) is 147 Å². The van der Waals surface area contributed by atoms with Crippen LogP contribution in [0.1, 0.15) is 42.0 Å². The molecule has 3 aromatic rings. The highest BCUT2D eigenvalue weighted by Gasteiger charge is 2.33. The van der Waals surface area contributed by atoms with Gasteiger partial charge in [0.25, 0.3) is 20.2 Å². The van der Waals surface area contributed by atoms with Gasteiger partial charge in [0.1, 0.15) is 35.2 Å². The van der Waals surface area contributed by atoms with Crippen LogP contribution in [0.2, 0.25) is 0 Å². The van der Waals surface area contributed by atoms with E-state index in [1.165, 1.54) is 19.1 Å². The molecular weight excluding hydrogens is 546 g/mol. The first kappa shape index (κ1) is 25.7. The Hall–Kier alpha value is -3.58. The number of carbonyl (C=O) groups excluding carboxylic acids is 1. The Bertz CT molecular complexity index is 1940. The zero-order valence-electron chi connectivity index (χ0n) is 20.8. The number of aryl methyl sites for hydroxylation is 1. The van der Waals surface area contributed by atoms with Gasteiger partial charge >= 0.3 is 5.97 Å². The van der Waals surface area contributed by atoms with Crippen molar-refractivity contribution in [3.8, 4) is 17.2 Å². The fourth-order valence-corrected chi connectivity index (χ4v) is 7.09. The average Bonchev–Trinajstić information content (AvgIpc) is 2.86. The standard InChI is InChI=1S/C27H23NO9S2/c1-15(29)36-17-6-8-19-23(13-17)37-27-21-5-3-11-28-10-2-4-16(26(21)28)12-22(27)25(19)20-9-7-18(38(30,31)32)14-24(20)39(33,34)35/h6-9,12-14H,2-5,10-11H2,1H3,(H-,30,31,32,33,34,35)/p+1. The van der Waals surface area contributed by atoms with Crippen molar-refractivity contribution in [1.29, 1.82) is 0 Å². The van der Waals surface area contributed by atoms with Crippen LogP contribution in [0.15, 0.2) is 52.3 Å². The summed E-state index contributed by atoms with van der Waals surface area (Å²) in [5.41, 5.74) is 2.97. The van der Waals surface area contributed by atoms with E-state index >= 15 is 0 Å². The fourth-order valence-electron chi connectivity index (χ4n) is 5.78. The summed E-state index contributed by atoms with van der Waals surface area (Å²) in [5.74, 6) is 0.544. The second-order valence-corrected chi connectivity index (χ2v) is 12.6. The lowest BCUT2D eigenvalue weighted by atomic mass is 9.87. The Morgan fingerprint density at radius 2 is 1.64 bits per heavy atom. The van der Waals surface area contributed by atoms with Crippen molar-refractivity contribution in [2.24, 2.45) is 0 Å². The smallest absolute Gasteiger partial charge is 0.308 e. The van der Waals surface area contributed by atoms with Crippen LogP contribution in [0.5, 0.6) is 17.2 Å². The summed E-state index contributed by atoms with van der Waals surface area (Å²) < 4.78 is 82.4. The van der Waals surface area contributed by atoms with Gasteiger partial charge in [0.2, 0.25) is 5.36 Å². The average molecular weight is 571 g/mol. The molecule has 0 saturated carbocycles. The maximum absolute atomic E-state index is 12.6. The molecule has 6 rings (SSSR count). The van der Waals surface area contributed by atoms with Crippen molar-refractivity contribution in [2.45, 2.75) is 42.4 Å². The van der Waals surface area contributed by atoms with Crippen LogP contribution in [-0.4, -0.2) is 45.0 Å². The Morgan fingerprint density at radius 1 is 0.923 bits per heavy atom. The molecule has 10 nitrogen and oxygen atoms in total. The van der Waals surface area contributed by atoms with Gasteiger partial charge in [-0.15, -0.1) is 0 Å². The number of fused-ring (bicyclic) bond motifs is 3. The number of hydrogen-bond acceptors (Lipinski definition) is 7. The molecule has 2 N–H and O–H groups in total. The summed E-state index contributed by atoms with van der Waals surface area (Å²) in [5, 5.41) is 1.71. The highest BCUT2D eigenvalue weighted by Crippen LogP contribution is 2.41. The molecule has 0 aliphatic carbocycles. The maximum atomic E-state index is 12.6. The fraction of sp³-hybridized carbons (Fsp3) is 0.259. The van der Waals surface area contributed by atoms with Crippen molar-refractivity contribution in [1.82, 2.24) is 4.58 Å². The van der Waals surface area contributed by atoms with Gasteiger partial charge in [0.05, 0.1) is 10.5 Å². The Balaban J connectivity index is 1.76. The molecular formula is C27H24NO9S2+. The van der Waals surface area contributed by atoms with Gasteiger partial charge in [0.15, 0.2) is 0 Å². The van der Waals surface area contributed by atoms with Crippen LogP contribution in [0, 0.1) is 0 Å². The second-order valence-electron chi connectivity index (χ2n) is 9.77. The van der Waals surface area contributed by atoms with E-state index < -0.39 is 36.0 Å². The lowest BCUT2D eigenvalue weighted by Gasteiger charge is -2.27. The summed E-state index contributed by atoms with van der Waals surface area (Å²) >= 11 is 0. The van der Waals surface area contributed by atoms with Crippen LogP contribution in [0.4, 0.5) is 0 Å². The van der Waals surface area contributed by atoms with Gasteiger partial charge in [0, 0.05) is 53.3 Å². The number of ether oxygens (including phenoxy) is 2. The number of rotatable bonds is 4. The van der Waals surface area contributed by atoms with E-state index in [1.54, 1.807) is 12.1 Å². The molecule has 0 radical (unpaired) electrons. The van der Waals surface area contributed by atoms with Crippen molar-refractivity contribution >= 4 is 31.8 Å². The Labute approximate surface area is 224 Å². The summed E-state index contributed by atoms with van der Waals surface area (Å²) in [7, 11) is -9.70. The Morgan fingerprint density at radius 3 is 2.33 bits per heavy atom. The molecule has 3 heterocycles. The molecule has 0 saturated heterocycles.